The van der Waals surface area contributed by atoms with Crippen LogP contribution in [0.2, 0.25) is 10.0 Å². The summed E-state index contributed by atoms with van der Waals surface area (Å²) in [6, 6.07) is 18.2. The molecule has 0 aromatic heterocycles. The molecule has 0 radical (unpaired) electrons. The first-order valence-electron chi connectivity index (χ1n) is 12.4. The molecule has 3 aromatic carbocycles. The van der Waals surface area contributed by atoms with Gasteiger partial charge in [-0.25, -0.2) is 0 Å². The molecule has 3 aromatic rings. The molecule has 2 amide bonds. The first-order valence-corrected chi connectivity index (χ1v) is 13.1. The van der Waals surface area contributed by atoms with Crippen LogP contribution in [0.1, 0.15) is 49.9 Å². The summed E-state index contributed by atoms with van der Waals surface area (Å²) in [5, 5.41) is 6.09. The molecular weight excluding hydrogens is 527 g/mol. The summed E-state index contributed by atoms with van der Waals surface area (Å²) in [5.74, 6) is -0.0106. The minimum absolute atomic E-state index is 0.280. The van der Waals surface area contributed by atoms with Gasteiger partial charge in [0.05, 0.1) is 23.7 Å². The van der Waals surface area contributed by atoms with Gasteiger partial charge >= 0.3 is 0 Å². The molecule has 3 rings (SSSR count). The van der Waals surface area contributed by atoms with Gasteiger partial charge in [0.1, 0.15) is 11.5 Å². The van der Waals surface area contributed by atoms with E-state index in [0.29, 0.717) is 40.2 Å². The van der Waals surface area contributed by atoms with Gasteiger partial charge in [-0.15, -0.1) is 0 Å². The van der Waals surface area contributed by atoms with Gasteiger partial charge in [-0.3, -0.25) is 14.4 Å². The maximum absolute atomic E-state index is 12.9. The highest BCUT2D eigenvalue weighted by atomic mass is 35.5. The van der Waals surface area contributed by atoms with Gasteiger partial charge in [-0.05, 0) is 67.4 Å². The molecule has 0 saturated carbocycles. The Hall–Kier alpha value is -3.55. The highest BCUT2D eigenvalue weighted by molar-refractivity contribution is 6.35. The molecule has 0 aliphatic rings. The lowest BCUT2D eigenvalue weighted by Gasteiger charge is -2.18. The Morgan fingerprint density at radius 2 is 1.63 bits per heavy atom. The second-order valence-corrected chi connectivity index (χ2v) is 9.37. The highest BCUT2D eigenvalue weighted by Crippen LogP contribution is 2.26. The van der Waals surface area contributed by atoms with Crippen molar-refractivity contribution in [2.24, 2.45) is 0 Å². The van der Waals surface area contributed by atoms with Crippen LogP contribution < -0.4 is 20.1 Å². The fourth-order valence-electron chi connectivity index (χ4n) is 3.46. The van der Waals surface area contributed by atoms with Crippen LogP contribution in [0.3, 0.4) is 0 Å². The van der Waals surface area contributed by atoms with E-state index in [2.05, 4.69) is 17.6 Å². The second kappa shape index (κ2) is 14.4. The third kappa shape index (κ3) is 8.78. The summed E-state index contributed by atoms with van der Waals surface area (Å²) in [6.07, 6.45) is 1.33. The van der Waals surface area contributed by atoms with Crippen molar-refractivity contribution in [2.45, 2.75) is 45.6 Å². The zero-order chi connectivity index (χ0) is 27.5. The van der Waals surface area contributed by atoms with Crippen LogP contribution >= 0.6 is 23.2 Å². The van der Waals surface area contributed by atoms with Crippen molar-refractivity contribution in [1.82, 2.24) is 0 Å². The van der Waals surface area contributed by atoms with Gasteiger partial charge in [-0.2, -0.15) is 0 Å². The van der Waals surface area contributed by atoms with Crippen molar-refractivity contribution < 1.29 is 23.9 Å². The van der Waals surface area contributed by atoms with Gasteiger partial charge in [0.2, 0.25) is 5.91 Å². The normalized spacial score (nSPS) is 11.4. The number of ether oxygens (including phenoxy) is 2. The van der Waals surface area contributed by atoms with E-state index in [1.165, 1.54) is 12.1 Å². The van der Waals surface area contributed by atoms with E-state index in [9.17, 15) is 14.4 Å². The van der Waals surface area contributed by atoms with Crippen LogP contribution in [0.15, 0.2) is 66.7 Å². The SMILES string of the molecule is CCCCOc1ccc(O[C@@H](CC)C(=O)Nc2cccc(C(=O)CC(=O)Nc3cc(Cl)ccc3Cl)c2)cc1. The van der Waals surface area contributed by atoms with E-state index in [-0.39, 0.29) is 11.5 Å². The number of anilines is 2. The Morgan fingerprint density at radius 1 is 0.895 bits per heavy atom. The molecule has 200 valence electrons. The van der Waals surface area contributed by atoms with E-state index >= 15 is 0 Å². The lowest BCUT2D eigenvalue weighted by molar-refractivity contribution is -0.122. The van der Waals surface area contributed by atoms with Crippen molar-refractivity contribution in [3.63, 3.8) is 0 Å². The minimum atomic E-state index is -0.741. The lowest BCUT2D eigenvalue weighted by Crippen LogP contribution is -2.32. The predicted molar refractivity (Wildman–Crippen MR) is 151 cm³/mol. The number of carbonyl (C=O) groups excluding carboxylic acids is 3. The van der Waals surface area contributed by atoms with Crippen LogP contribution in [0.25, 0.3) is 0 Å². The number of hydrogen-bond donors (Lipinski definition) is 2. The quantitative estimate of drug-likeness (QED) is 0.132. The van der Waals surface area contributed by atoms with Crippen LogP contribution in [-0.2, 0) is 9.59 Å². The lowest BCUT2D eigenvalue weighted by atomic mass is 10.1. The molecule has 0 fully saturated rings. The standard InChI is InChI=1S/C29H30Cl2N2O5/c1-3-5-15-37-22-10-12-23(13-11-22)38-27(4-2)29(36)32-21-8-6-7-19(16-21)26(34)18-28(35)33-25-17-20(30)9-14-24(25)31/h6-14,16-17,27H,3-5,15,18H2,1-2H3,(H,32,36)(H,33,35)/t27-/m0/s1. The molecule has 0 saturated heterocycles. The second-order valence-electron chi connectivity index (χ2n) is 8.53. The monoisotopic (exact) mass is 556 g/mol. The van der Waals surface area contributed by atoms with Crippen molar-refractivity contribution in [3.05, 3.63) is 82.3 Å². The van der Waals surface area contributed by atoms with E-state index in [1.54, 1.807) is 54.6 Å². The summed E-state index contributed by atoms with van der Waals surface area (Å²) in [4.78, 5) is 38.0. The summed E-state index contributed by atoms with van der Waals surface area (Å²) in [7, 11) is 0. The van der Waals surface area contributed by atoms with E-state index in [4.69, 9.17) is 32.7 Å². The smallest absolute Gasteiger partial charge is 0.265 e. The summed E-state index contributed by atoms with van der Waals surface area (Å²) < 4.78 is 11.5. The molecule has 0 bridgehead atoms. The molecule has 0 heterocycles. The fraction of sp³-hybridized carbons (Fsp3) is 0.276. The van der Waals surface area contributed by atoms with Crippen LogP contribution in [-0.4, -0.2) is 30.3 Å². The van der Waals surface area contributed by atoms with E-state index < -0.39 is 24.2 Å². The van der Waals surface area contributed by atoms with Gasteiger partial charge < -0.3 is 20.1 Å². The Balaban J connectivity index is 1.57. The van der Waals surface area contributed by atoms with Gasteiger partial charge in [0.25, 0.3) is 5.91 Å². The largest absolute Gasteiger partial charge is 0.494 e. The zero-order valence-corrected chi connectivity index (χ0v) is 22.8. The first-order chi connectivity index (χ1) is 18.3. The maximum atomic E-state index is 12.9. The van der Waals surface area contributed by atoms with E-state index in [1.807, 2.05) is 6.92 Å². The van der Waals surface area contributed by atoms with Gasteiger partial charge in [0.15, 0.2) is 11.9 Å². The Labute approximate surface area is 232 Å². The Kier molecular flexibility index (Phi) is 11.0. The summed E-state index contributed by atoms with van der Waals surface area (Å²) in [5.41, 5.74) is 1.02. The molecule has 1 atom stereocenters. The summed E-state index contributed by atoms with van der Waals surface area (Å²) in [6.45, 7) is 4.60. The number of unbranched alkanes of at least 4 members (excludes halogenated alkanes) is 1. The number of benzene rings is 3. The number of nitrogens with one attached hydrogen (secondary N) is 2. The van der Waals surface area contributed by atoms with Gasteiger partial charge in [-0.1, -0.05) is 55.6 Å². The average Bonchev–Trinajstić information content (AvgIpc) is 2.90. The molecule has 7 nitrogen and oxygen atoms in total. The van der Waals surface area contributed by atoms with Crippen molar-refractivity contribution in [3.8, 4) is 11.5 Å². The number of carbonyl (C=O) groups is 3. The Morgan fingerprint density at radius 3 is 2.34 bits per heavy atom. The number of rotatable bonds is 13. The van der Waals surface area contributed by atoms with Crippen molar-refractivity contribution in [1.29, 1.82) is 0 Å². The van der Waals surface area contributed by atoms with Crippen molar-refractivity contribution >= 4 is 52.2 Å². The molecule has 38 heavy (non-hydrogen) atoms. The molecule has 0 aliphatic heterocycles. The van der Waals surface area contributed by atoms with E-state index in [0.717, 1.165) is 18.6 Å². The zero-order valence-electron chi connectivity index (χ0n) is 21.3. The molecule has 0 unspecified atom stereocenters. The molecular formula is C29H30Cl2N2O5. The van der Waals surface area contributed by atoms with Crippen LogP contribution in [0, 0.1) is 0 Å². The van der Waals surface area contributed by atoms with Crippen LogP contribution in [0.4, 0.5) is 11.4 Å². The molecule has 9 heteroatoms. The van der Waals surface area contributed by atoms with Gasteiger partial charge in [0, 0.05) is 16.3 Å². The maximum Gasteiger partial charge on any atom is 0.265 e. The summed E-state index contributed by atoms with van der Waals surface area (Å²) >= 11 is 12.0. The third-order valence-electron chi connectivity index (χ3n) is 5.51. The molecule has 2 N–H and O–H groups in total. The predicted octanol–water partition coefficient (Wildman–Crippen LogP) is 7.18. The topological polar surface area (TPSA) is 93.7 Å². The number of amides is 2. The van der Waals surface area contributed by atoms with Crippen molar-refractivity contribution in [2.75, 3.05) is 17.2 Å². The Bertz CT molecular complexity index is 1260. The highest BCUT2D eigenvalue weighted by Gasteiger charge is 2.20. The first kappa shape index (κ1) is 29.0. The number of ketones is 1. The number of halogens is 2. The van der Waals surface area contributed by atoms with Crippen LogP contribution in [0.5, 0.6) is 11.5 Å². The molecule has 0 spiro atoms. The average molecular weight is 557 g/mol. The fourth-order valence-corrected chi connectivity index (χ4v) is 3.80. The number of hydrogen-bond acceptors (Lipinski definition) is 5. The third-order valence-corrected chi connectivity index (χ3v) is 6.07. The number of Topliss-reactive ketones (excluding diaryl/α,β-unsaturated/α-hetero) is 1. The minimum Gasteiger partial charge on any atom is -0.494 e. The molecule has 0 aliphatic carbocycles.